The molecule has 1 aromatic carbocycles. The molecule has 2 heterocycles. The molecule has 2 aromatic heterocycles. The molecule has 0 saturated carbocycles. The van der Waals surface area contributed by atoms with E-state index in [-0.39, 0.29) is 0 Å². The summed E-state index contributed by atoms with van der Waals surface area (Å²) in [6.45, 7) is 0. The van der Waals surface area contributed by atoms with Crippen molar-refractivity contribution >= 4 is 27.5 Å². The second-order valence-corrected chi connectivity index (χ2v) is 4.09. The van der Waals surface area contributed by atoms with E-state index in [2.05, 4.69) is 20.2 Å². The van der Waals surface area contributed by atoms with E-state index in [1.807, 2.05) is 18.2 Å². The molecule has 0 fully saturated rings. The molecule has 5 nitrogen and oxygen atoms in total. The monoisotopic (exact) mass is 217 g/mol. The quantitative estimate of drug-likeness (QED) is 0.649. The van der Waals surface area contributed by atoms with E-state index in [1.165, 1.54) is 11.3 Å². The number of rotatable bonds is 1. The topological polar surface area (TPSA) is 80.5 Å². The molecule has 74 valence electrons. The van der Waals surface area contributed by atoms with Crippen LogP contribution in [0.5, 0.6) is 0 Å². The van der Waals surface area contributed by atoms with Gasteiger partial charge in [-0.1, -0.05) is 11.3 Å². The van der Waals surface area contributed by atoms with E-state index in [0.29, 0.717) is 5.13 Å². The summed E-state index contributed by atoms with van der Waals surface area (Å²) in [4.78, 5) is 7.20. The Hall–Kier alpha value is -1.95. The summed E-state index contributed by atoms with van der Waals surface area (Å²) in [5.74, 6) is 0. The highest BCUT2D eigenvalue weighted by Crippen LogP contribution is 2.26. The first-order chi connectivity index (χ1) is 7.33. The van der Waals surface area contributed by atoms with Gasteiger partial charge >= 0.3 is 0 Å². The largest absolute Gasteiger partial charge is 0.374 e. The highest BCUT2D eigenvalue weighted by molar-refractivity contribution is 7.18. The Morgan fingerprint density at radius 2 is 2.20 bits per heavy atom. The van der Waals surface area contributed by atoms with Crippen LogP contribution >= 0.6 is 11.3 Å². The van der Waals surface area contributed by atoms with Crippen molar-refractivity contribution in [3.05, 3.63) is 24.5 Å². The SMILES string of the molecule is Nc1nnc(-c2ccc3nc[nH]c3c2)s1. The van der Waals surface area contributed by atoms with Crippen LogP contribution in [0, 0.1) is 0 Å². The number of nitrogens with one attached hydrogen (secondary N) is 1. The highest BCUT2D eigenvalue weighted by Gasteiger charge is 2.05. The van der Waals surface area contributed by atoms with Gasteiger partial charge in [0.25, 0.3) is 0 Å². The maximum absolute atomic E-state index is 5.53. The molecule has 0 saturated heterocycles. The number of anilines is 1. The molecular weight excluding hydrogens is 210 g/mol. The third kappa shape index (κ3) is 1.35. The van der Waals surface area contributed by atoms with Gasteiger partial charge in [0, 0.05) is 5.56 Å². The average Bonchev–Trinajstić information content (AvgIpc) is 2.84. The van der Waals surface area contributed by atoms with Gasteiger partial charge in [-0.2, -0.15) is 0 Å². The van der Waals surface area contributed by atoms with Crippen LogP contribution in [0.2, 0.25) is 0 Å². The zero-order valence-electron chi connectivity index (χ0n) is 7.64. The van der Waals surface area contributed by atoms with Crippen LogP contribution < -0.4 is 5.73 Å². The highest BCUT2D eigenvalue weighted by atomic mass is 32.1. The summed E-state index contributed by atoms with van der Waals surface area (Å²) in [6, 6.07) is 5.89. The molecular formula is C9H7N5S. The van der Waals surface area contributed by atoms with Gasteiger partial charge in [-0.15, -0.1) is 10.2 Å². The molecule has 3 N–H and O–H groups in total. The third-order valence-electron chi connectivity index (χ3n) is 2.11. The number of nitrogens with zero attached hydrogens (tertiary/aromatic N) is 3. The summed E-state index contributed by atoms with van der Waals surface area (Å²) in [5.41, 5.74) is 8.46. The van der Waals surface area contributed by atoms with E-state index < -0.39 is 0 Å². The van der Waals surface area contributed by atoms with Crippen LogP contribution in [0.15, 0.2) is 24.5 Å². The normalized spacial score (nSPS) is 10.9. The number of hydrogen-bond acceptors (Lipinski definition) is 5. The smallest absolute Gasteiger partial charge is 0.203 e. The van der Waals surface area contributed by atoms with E-state index in [0.717, 1.165) is 21.6 Å². The fourth-order valence-corrected chi connectivity index (χ4v) is 2.03. The number of fused-ring (bicyclic) bond motifs is 1. The molecule has 0 aliphatic heterocycles. The standard InChI is InChI=1S/C9H7N5S/c10-9-14-13-8(15-9)5-1-2-6-7(3-5)12-4-11-6/h1-4H,(H2,10,14)(H,11,12). The maximum atomic E-state index is 5.53. The third-order valence-corrected chi connectivity index (χ3v) is 2.91. The van der Waals surface area contributed by atoms with E-state index in [4.69, 9.17) is 5.73 Å². The molecule has 0 spiro atoms. The second kappa shape index (κ2) is 3.03. The van der Waals surface area contributed by atoms with Crippen LogP contribution in [0.25, 0.3) is 21.6 Å². The van der Waals surface area contributed by atoms with Crippen molar-refractivity contribution in [2.24, 2.45) is 0 Å². The summed E-state index contributed by atoms with van der Waals surface area (Å²) < 4.78 is 0. The molecule has 0 amide bonds. The fraction of sp³-hybridized carbons (Fsp3) is 0. The van der Waals surface area contributed by atoms with Crippen molar-refractivity contribution in [2.45, 2.75) is 0 Å². The molecule has 15 heavy (non-hydrogen) atoms. The molecule has 0 aliphatic carbocycles. The minimum atomic E-state index is 0.481. The molecule has 0 bridgehead atoms. The van der Waals surface area contributed by atoms with Crippen molar-refractivity contribution in [3.8, 4) is 10.6 Å². The lowest BCUT2D eigenvalue weighted by molar-refractivity contribution is 1.10. The van der Waals surface area contributed by atoms with Gasteiger partial charge in [-0.25, -0.2) is 4.98 Å². The van der Waals surface area contributed by atoms with Crippen LogP contribution in [0.4, 0.5) is 5.13 Å². The van der Waals surface area contributed by atoms with Crippen molar-refractivity contribution < 1.29 is 0 Å². The lowest BCUT2D eigenvalue weighted by Gasteiger charge is -1.94. The first-order valence-corrected chi connectivity index (χ1v) is 5.17. The van der Waals surface area contributed by atoms with Crippen LogP contribution in [-0.4, -0.2) is 20.2 Å². The minimum absolute atomic E-state index is 0.481. The van der Waals surface area contributed by atoms with Gasteiger partial charge < -0.3 is 10.7 Å². The number of aromatic nitrogens is 4. The number of nitrogen functional groups attached to an aromatic ring is 1. The van der Waals surface area contributed by atoms with Crippen molar-refractivity contribution in [3.63, 3.8) is 0 Å². The second-order valence-electron chi connectivity index (χ2n) is 3.08. The molecule has 0 atom stereocenters. The zero-order valence-corrected chi connectivity index (χ0v) is 8.45. The predicted octanol–water partition coefficient (Wildman–Crippen LogP) is 1.66. The molecule has 3 aromatic rings. The van der Waals surface area contributed by atoms with Crippen molar-refractivity contribution in [1.29, 1.82) is 0 Å². The summed E-state index contributed by atoms with van der Waals surface area (Å²) >= 11 is 1.37. The Morgan fingerprint density at radius 3 is 3.00 bits per heavy atom. The minimum Gasteiger partial charge on any atom is -0.374 e. The zero-order chi connectivity index (χ0) is 10.3. The number of benzene rings is 1. The van der Waals surface area contributed by atoms with Gasteiger partial charge in [0.05, 0.1) is 17.4 Å². The van der Waals surface area contributed by atoms with Gasteiger partial charge in [-0.05, 0) is 18.2 Å². The molecule has 0 unspecified atom stereocenters. The molecule has 6 heteroatoms. The van der Waals surface area contributed by atoms with Crippen LogP contribution in [-0.2, 0) is 0 Å². The first kappa shape index (κ1) is 8.37. The Labute approximate surface area is 89.0 Å². The van der Waals surface area contributed by atoms with E-state index >= 15 is 0 Å². The molecule has 0 radical (unpaired) electrons. The van der Waals surface area contributed by atoms with Gasteiger partial charge in [0.15, 0.2) is 0 Å². The lowest BCUT2D eigenvalue weighted by atomic mass is 10.2. The van der Waals surface area contributed by atoms with E-state index in [9.17, 15) is 0 Å². The Bertz CT molecular complexity index is 612. The first-order valence-electron chi connectivity index (χ1n) is 4.35. The van der Waals surface area contributed by atoms with Crippen LogP contribution in [0.3, 0.4) is 0 Å². The van der Waals surface area contributed by atoms with Gasteiger partial charge in [0.2, 0.25) is 5.13 Å². The molecule has 3 rings (SSSR count). The fourth-order valence-electron chi connectivity index (χ4n) is 1.42. The Kier molecular flexibility index (Phi) is 1.69. The maximum Gasteiger partial charge on any atom is 0.203 e. The lowest BCUT2D eigenvalue weighted by Crippen LogP contribution is -1.80. The van der Waals surface area contributed by atoms with Crippen LogP contribution in [0.1, 0.15) is 0 Å². The van der Waals surface area contributed by atoms with E-state index in [1.54, 1.807) is 6.33 Å². The summed E-state index contributed by atoms with van der Waals surface area (Å²) in [6.07, 6.45) is 1.67. The summed E-state index contributed by atoms with van der Waals surface area (Å²) in [7, 11) is 0. The van der Waals surface area contributed by atoms with Crippen molar-refractivity contribution in [2.75, 3.05) is 5.73 Å². The number of H-pyrrole nitrogens is 1. The Morgan fingerprint density at radius 1 is 1.27 bits per heavy atom. The molecule has 0 aliphatic rings. The van der Waals surface area contributed by atoms with Gasteiger partial charge in [-0.3, -0.25) is 0 Å². The predicted molar refractivity (Wildman–Crippen MR) is 59.4 cm³/mol. The summed E-state index contributed by atoms with van der Waals surface area (Å²) in [5, 5.41) is 9.07. The van der Waals surface area contributed by atoms with Gasteiger partial charge in [0.1, 0.15) is 5.01 Å². The number of imidazole rings is 1. The number of hydrogen-bond donors (Lipinski definition) is 2. The average molecular weight is 217 g/mol. The Balaban J connectivity index is 2.18. The number of nitrogens with two attached hydrogens (primary N) is 1. The van der Waals surface area contributed by atoms with Crippen molar-refractivity contribution in [1.82, 2.24) is 20.2 Å². The number of aromatic amines is 1.